The van der Waals surface area contributed by atoms with E-state index in [0.717, 1.165) is 5.56 Å². The zero-order valence-corrected chi connectivity index (χ0v) is 13.2. The molecule has 0 saturated carbocycles. The zero-order chi connectivity index (χ0) is 16.0. The maximum absolute atomic E-state index is 11.9. The number of amides is 2. The van der Waals surface area contributed by atoms with Gasteiger partial charge in [-0.2, -0.15) is 0 Å². The van der Waals surface area contributed by atoms with Crippen molar-refractivity contribution in [2.24, 2.45) is 5.73 Å². The number of hydrogen-bond donors (Lipinski definition) is 2. The molecule has 3 N–H and O–H groups in total. The number of nitrogens with zero attached hydrogens (tertiary/aromatic N) is 2. The van der Waals surface area contributed by atoms with E-state index in [2.05, 4.69) is 5.32 Å². The van der Waals surface area contributed by atoms with Crippen LogP contribution in [0, 0.1) is 0 Å². The van der Waals surface area contributed by atoms with Crippen LogP contribution in [0.25, 0.3) is 0 Å². The van der Waals surface area contributed by atoms with Gasteiger partial charge in [-0.05, 0) is 31.3 Å². The average Bonchev–Trinajstić information content (AvgIpc) is 2.38. The number of thiocarbonyl (C=S) groups is 1. The van der Waals surface area contributed by atoms with Crippen molar-refractivity contribution < 1.29 is 9.59 Å². The molecule has 0 spiro atoms. The fraction of sp³-hybridized carbons (Fsp3) is 0.357. The summed E-state index contributed by atoms with van der Waals surface area (Å²) in [7, 11) is 5.08. The quantitative estimate of drug-likeness (QED) is 0.738. The third-order valence-electron chi connectivity index (χ3n) is 2.77. The molecule has 1 aromatic rings. The highest BCUT2D eigenvalue weighted by atomic mass is 32.1. The molecule has 2 amide bonds. The fourth-order valence-corrected chi connectivity index (χ4v) is 1.73. The first-order chi connectivity index (χ1) is 9.79. The lowest BCUT2D eigenvalue weighted by Crippen LogP contribution is -2.38. The third kappa shape index (κ3) is 5.88. The number of carbonyl (C=O) groups excluding carboxylic acids is 2. The van der Waals surface area contributed by atoms with E-state index < -0.39 is 0 Å². The molecule has 1 rings (SSSR count). The van der Waals surface area contributed by atoms with Gasteiger partial charge in [-0.3, -0.25) is 14.5 Å². The van der Waals surface area contributed by atoms with Crippen molar-refractivity contribution in [3.63, 3.8) is 0 Å². The van der Waals surface area contributed by atoms with Crippen LogP contribution >= 0.6 is 12.2 Å². The molecule has 1 aromatic carbocycles. The van der Waals surface area contributed by atoms with Gasteiger partial charge in [0.05, 0.1) is 13.1 Å². The molecule has 0 fully saturated rings. The second kappa shape index (κ2) is 7.70. The molecular formula is C14H20N4O2S. The van der Waals surface area contributed by atoms with E-state index in [9.17, 15) is 9.59 Å². The molecule has 0 bridgehead atoms. The molecule has 0 saturated heterocycles. The lowest BCUT2D eigenvalue weighted by molar-refractivity contribution is -0.130. The van der Waals surface area contributed by atoms with Gasteiger partial charge in [0, 0.05) is 25.3 Å². The van der Waals surface area contributed by atoms with Gasteiger partial charge in [-0.25, -0.2) is 0 Å². The highest BCUT2D eigenvalue weighted by molar-refractivity contribution is 7.80. The van der Waals surface area contributed by atoms with E-state index in [1.807, 2.05) is 0 Å². The number of likely N-dealkylation sites (N-methyl/N-ethyl adjacent to an activating group) is 2. The molecule has 0 heterocycles. The fourth-order valence-electron chi connectivity index (χ4n) is 1.59. The van der Waals surface area contributed by atoms with Crippen molar-refractivity contribution >= 4 is 34.7 Å². The van der Waals surface area contributed by atoms with Crippen LogP contribution in [-0.4, -0.2) is 60.8 Å². The van der Waals surface area contributed by atoms with E-state index in [-0.39, 0.29) is 24.9 Å². The molecule has 21 heavy (non-hydrogen) atoms. The molecule has 0 aliphatic carbocycles. The Kier molecular flexibility index (Phi) is 6.26. The molecule has 0 aliphatic rings. The Bertz CT molecular complexity index is 528. The number of anilines is 1. The van der Waals surface area contributed by atoms with Crippen molar-refractivity contribution in [2.45, 2.75) is 0 Å². The lowest BCUT2D eigenvalue weighted by Gasteiger charge is -2.18. The maximum atomic E-state index is 11.9. The SMILES string of the molecule is CN(CC(=O)Nc1ccc(C(N)=S)cc1)CC(=O)N(C)C. The topological polar surface area (TPSA) is 78.7 Å². The van der Waals surface area contributed by atoms with Crippen LogP contribution in [0.4, 0.5) is 5.69 Å². The average molecular weight is 308 g/mol. The Hall–Kier alpha value is -1.99. The van der Waals surface area contributed by atoms with Crippen molar-refractivity contribution in [3.8, 4) is 0 Å². The van der Waals surface area contributed by atoms with Crippen LogP contribution in [0.5, 0.6) is 0 Å². The Labute approximate surface area is 129 Å². The third-order valence-corrected chi connectivity index (χ3v) is 3.01. The molecule has 0 unspecified atom stereocenters. The second-order valence-corrected chi connectivity index (χ2v) is 5.39. The van der Waals surface area contributed by atoms with Gasteiger partial charge in [0.25, 0.3) is 0 Å². The maximum Gasteiger partial charge on any atom is 0.238 e. The van der Waals surface area contributed by atoms with Crippen LogP contribution in [0.3, 0.4) is 0 Å². The number of nitrogens with two attached hydrogens (primary N) is 1. The van der Waals surface area contributed by atoms with Crippen molar-refractivity contribution in [1.29, 1.82) is 0 Å². The molecule has 0 atom stereocenters. The normalized spacial score (nSPS) is 10.3. The van der Waals surface area contributed by atoms with Crippen molar-refractivity contribution in [2.75, 3.05) is 39.5 Å². The van der Waals surface area contributed by atoms with E-state index in [0.29, 0.717) is 10.7 Å². The second-order valence-electron chi connectivity index (χ2n) is 4.95. The summed E-state index contributed by atoms with van der Waals surface area (Å²) in [5, 5.41) is 2.75. The Balaban J connectivity index is 2.49. The summed E-state index contributed by atoms with van der Waals surface area (Å²) >= 11 is 4.86. The first-order valence-corrected chi connectivity index (χ1v) is 6.79. The summed E-state index contributed by atoms with van der Waals surface area (Å²) in [5.41, 5.74) is 6.91. The summed E-state index contributed by atoms with van der Waals surface area (Å²) in [6.07, 6.45) is 0. The Morgan fingerprint density at radius 3 is 2.19 bits per heavy atom. The summed E-state index contributed by atoms with van der Waals surface area (Å²) in [6.45, 7) is 0.331. The summed E-state index contributed by atoms with van der Waals surface area (Å²) in [5.74, 6) is -0.238. The van der Waals surface area contributed by atoms with Crippen LogP contribution in [-0.2, 0) is 9.59 Å². The van der Waals surface area contributed by atoms with Gasteiger partial charge < -0.3 is 16.0 Å². The number of carbonyl (C=O) groups is 2. The molecule has 114 valence electrons. The molecular weight excluding hydrogens is 288 g/mol. The van der Waals surface area contributed by atoms with Gasteiger partial charge in [0.1, 0.15) is 4.99 Å². The van der Waals surface area contributed by atoms with E-state index in [1.165, 1.54) is 4.90 Å². The molecule has 6 nitrogen and oxygen atoms in total. The van der Waals surface area contributed by atoms with E-state index in [4.69, 9.17) is 18.0 Å². The monoisotopic (exact) mass is 308 g/mol. The van der Waals surface area contributed by atoms with Crippen LogP contribution in [0.15, 0.2) is 24.3 Å². The van der Waals surface area contributed by atoms with E-state index in [1.54, 1.807) is 50.3 Å². The summed E-state index contributed by atoms with van der Waals surface area (Å²) in [6, 6.07) is 6.96. The van der Waals surface area contributed by atoms with E-state index >= 15 is 0 Å². The smallest absolute Gasteiger partial charge is 0.238 e. The van der Waals surface area contributed by atoms with Gasteiger partial charge in [0.2, 0.25) is 11.8 Å². The standard InChI is InChI=1S/C14H20N4O2S/c1-17(2)13(20)9-18(3)8-12(19)16-11-6-4-10(5-7-11)14(15)21/h4-7H,8-9H2,1-3H3,(H2,15,21)(H,16,19). The van der Waals surface area contributed by atoms with Gasteiger partial charge in [-0.15, -0.1) is 0 Å². The minimum atomic E-state index is -0.188. The van der Waals surface area contributed by atoms with Crippen molar-refractivity contribution in [1.82, 2.24) is 9.80 Å². The molecule has 0 aliphatic heterocycles. The van der Waals surface area contributed by atoms with Gasteiger partial charge >= 0.3 is 0 Å². The van der Waals surface area contributed by atoms with Gasteiger partial charge in [-0.1, -0.05) is 12.2 Å². The highest BCUT2D eigenvalue weighted by Gasteiger charge is 2.12. The lowest BCUT2D eigenvalue weighted by atomic mass is 10.2. The predicted molar refractivity (Wildman–Crippen MR) is 87.2 cm³/mol. The number of nitrogens with one attached hydrogen (secondary N) is 1. The summed E-state index contributed by atoms with van der Waals surface area (Å²) in [4.78, 5) is 26.8. The molecule has 7 heteroatoms. The van der Waals surface area contributed by atoms with Gasteiger partial charge in [0.15, 0.2) is 0 Å². The summed E-state index contributed by atoms with van der Waals surface area (Å²) < 4.78 is 0. The predicted octanol–water partition coefficient (Wildman–Crippen LogP) is 0.279. The Morgan fingerprint density at radius 1 is 1.14 bits per heavy atom. The zero-order valence-electron chi connectivity index (χ0n) is 12.4. The molecule has 0 radical (unpaired) electrons. The van der Waals surface area contributed by atoms with Crippen LogP contribution in [0.1, 0.15) is 5.56 Å². The van der Waals surface area contributed by atoms with Crippen molar-refractivity contribution in [3.05, 3.63) is 29.8 Å². The number of benzene rings is 1. The van der Waals surface area contributed by atoms with Crippen LogP contribution in [0.2, 0.25) is 0 Å². The Morgan fingerprint density at radius 2 is 1.71 bits per heavy atom. The van der Waals surface area contributed by atoms with Crippen LogP contribution < -0.4 is 11.1 Å². The first-order valence-electron chi connectivity index (χ1n) is 6.38. The number of hydrogen-bond acceptors (Lipinski definition) is 4. The molecule has 0 aromatic heterocycles. The minimum Gasteiger partial charge on any atom is -0.389 e. The number of rotatable bonds is 6. The first kappa shape index (κ1) is 17.1. The highest BCUT2D eigenvalue weighted by Crippen LogP contribution is 2.09. The minimum absolute atomic E-state index is 0.0499. The largest absolute Gasteiger partial charge is 0.389 e.